The average Bonchev–Trinajstić information content (AvgIpc) is 2.75. The summed E-state index contributed by atoms with van der Waals surface area (Å²) < 4.78 is 24.4. The Balaban J connectivity index is 1.86. The molecule has 2 rings (SSSR count). The summed E-state index contributed by atoms with van der Waals surface area (Å²) in [6.45, 7) is 7.15. The van der Waals surface area contributed by atoms with E-state index in [0.29, 0.717) is 29.4 Å². The summed E-state index contributed by atoms with van der Waals surface area (Å²) in [6, 6.07) is 10.9. The minimum Gasteiger partial charge on any atom is -0.493 e. The van der Waals surface area contributed by atoms with Crippen LogP contribution < -0.4 is 20.1 Å². The number of carbonyl (C=O) groups excluding carboxylic acids is 2. The number of methoxy groups -OCH3 is 1. The summed E-state index contributed by atoms with van der Waals surface area (Å²) in [7, 11) is 1.55. The normalized spacial score (nSPS) is 10.6. The topological polar surface area (TPSA) is 79.9 Å². The molecule has 2 aromatic rings. The standard InChI is InChI=1S/C23H30FN3O4/c1-4-27(5-2)11-12-31-21-15-19(9-10-20(21)30-3)26-23(29)16-25-22(28)14-17-7-6-8-18(24)13-17/h6-10,13,15H,4-5,11-12,14,16H2,1-3H3,(H,25,28)(H,26,29). The zero-order valence-electron chi connectivity index (χ0n) is 18.2. The molecule has 2 amide bonds. The lowest BCUT2D eigenvalue weighted by Crippen LogP contribution is -2.33. The van der Waals surface area contributed by atoms with Crippen molar-refractivity contribution in [3.63, 3.8) is 0 Å². The molecule has 2 N–H and O–H groups in total. The molecule has 168 valence electrons. The van der Waals surface area contributed by atoms with E-state index in [9.17, 15) is 14.0 Å². The number of amides is 2. The van der Waals surface area contributed by atoms with Crippen LogP contribution in [0.2, 0.25) is 0 Å². The maximum Gasteiger partial charge on any atom is 0.243 e. The van der Waals surface area contributed by atoms with Crippen LogP contribution in [0.5, 0.6) is 11.5 Å². The highest BCUT2D eigenvalue weighted by Gasteiger charge is 2.11. The molecule has 7 nitrogen and oxygen atoms in total. The quantitative estimate of drug-likeness (QED) is 0.540. The van der Waals surface area contributed by atoms with Gasteiger partial charge in [0.2, 0.25) is 11.8 Å². The van der Waals surface area contributed by atoms with Crippen molar-refractivity contribution in [1.82, 2.24) is 10.2 Å². The first-order valence-corrected chi connectivity index (χ1v) is 10.3. The van der Waals surface area contributed by atoms with Crippen LogP contribution in [0.4, 0.5) is 10.1 Å². The molecule has 0 atom stereocenters. The van der Waals surface area contributed by atoms with E-state index in [2.05, 4.69) is 29.4 Å². The summed E-state index contributed by atoms with van der Waals surface area (Å²) in [6.07, 6.45) is -0.00188. The number of nitrogens with zero attached hydrogens (tertiary/aromatic N) is 1. The van der Waals surface area contributed by atoms with Crippen LogP contribution in [0.1, 0.15) is 19.4 Å². The fourth-order valence-electron chi connectivity index (χ4n) is 2.97. The van der Waals surface area contributed by atoms with E-state index in [1.165, 1.54) is 18.2 Å². The highest BCUT2D eigenvalue weighted by molar-refractivity contribution is 5.95. The SMILES string of the molecule is CCN(CC)CCOc1cc(NC(=O)CNC(=O)Cc2cccc(F)c2)ccc1OC. The zero-order chi connectivity index (χ0) is 22.6. The van der Waals surface area contributed by atoms with Gasteiger partial charge in [-0.2, -0.15) is 0 Å². The van der Waals surface area contributed by atoms with Crippen LogP contribution in [-0.2, 0) is 16.0 Å². The van der Waals surface area contributed by atoms with E-state index in [1.807, 2.05) is 0 Å². The van der Waals surface area contributed by atoms with Gasteiger partial charge in [0.1, 0.15) is 12.4 Å². The number of likely N-dealkylation sites (N-methyl/N-ethyl adjacent to an activating group) is 1. The van der Waals surface area contributed by atoms with Crippen LogP contribution in [0.15, 0.2) is 42.5 Å². The van der Waals surface area contributed by atoms with Crippen molar-refractivity contribution in [2.75, 3.05) is 45.2 Å². The number of rotatable bonds is 12. The van der Waals surface area contributed by atoms with Gasteiger partial charge in [-0.15, -0.1) is 0 Å². The lowest BCUT2D eigenvalue weighted by molar-refractivity contribution is -0.123. The molecule has 0 aliphatic heterocycles. The van der Waals surface area contributed by atoms with Gasteiger partial charge in [0.05, 0.1) is 20.1 Å². The molecular weight excluding hydrogens is 401 g/mol. The van der Waals surface area contributed by atoms with E-state index in [4.69, 9.17) is 9.47 Å². The van der Waals surface area contributed by atoms with Crippen molar-refractivity contribution in [2.24, 2.45) is 0 Å². The Labute approximate surface area is 182 Å². The van der Waals surface area contributed by atoms with Crippen molar-refractivity contribution in [3.05, 3.63) is 53.8 Å². The van der Waals surface area contributed by atoms with Crippen LogP contribution in [-0.4, -0.2) is 56.6 Å². The highest BCUT2D eigenvalue weighted by Crippen LogP contribution is 2.30. The molecule has 0 heterocycles. The van der Waals surface area contributed by atoms with Crippen molar-refractivity contribution in [3.8, 4) is 11.5 Å². The molecule has 0 unspecified atom stereocenters. The highest BCUT2D eigenvalue weighted by atomic mass is 19.1. The van der Waals surface area contributed by atoms with Crippen molar-refractivity contribution < 1.29 is 23.5 Å². The maximum atomic E-state index is 13.2. The minimum absolute atomic E-state index is 0.00188. The van der Waals surface area contributed by atoms with Gasteiger partial charge in [-0.05, 0) is 42.9 Å². The van der Waals surface area contributed by atoms with Crippen LogP contribution >= 0.6 is 0 Å². The first-order chi connectivity index (χ1) is 14.9. The minimum atomic E-state index is -0.405. The molecule has 8 heteroatoms. The number of hydrogen-bond donors (Lipinski definition) is 2. The fraction of sp³-hybridized carbons (Fsp3) is 0.391. The van der Waals surface area contributed by atoms with Crippen LogP contribution in [0.25, 0.3) is 0 Å². The smallest absolute Gasteiger partial charge is 0.243 e. The van der Waals surface area contributed by atoms with Gasteiger partial charge >= 0.3 is 0 Å². The molecule has 0 aromatic heterocycles. The summed E-state index contributed by atoms with van der Waals surface area (Å²) in [5, 5.41) is 5.26. The van der Waals surface area contributed by atoms with Crippen LogP contribution in [0.3, 0.4) is 0 Å². The van der Waals surface area contributed by atoms with E-state index < -0.39 is 5.82 Å². The first kappa shape index (κ1) is 24.1. The van der Waals surface area contributed by atoms with Crippen molar-refractivity contribution in [2.45, 2.75) is 20.3 Å². The Morgan fingerprint density at radius 1 is 1.03 bits per heavy atom. The second kappa shape index (κ2) is 12.5. The third kappa shape index (κ3) is 8.25. The molecule has 0 saturated carbocycles. The largest absolute Gasteiger partial charge is 0.493 e. The molecule has 0 aliphatic rings. The molecular formula is C23H30FN3O4. The van der Waals surface area contributed by atoms with Crippen LogP contribution in [0, 0.1) is 5.82 Å². The lowest BCUT2D eigenvalue weighted by atomic mass is 10.1. The number of ether oxygens (including phenoxy) is 2. The number of hydrogen-bond acceptors (Lipinski definition) is 5. The number of carbonyl (C=O) groups is 2. The number of nitrogens with one attached hydrogen (secondary N) is 2. The summed E-state index contributed by atoms with van der Waals surface area (Å²) in [5.41, 5.74) is 1.07. The Hall–Kier alpha value is -3.13. The lowest BCUT2D eigenvalue weighted by Gasteiger charge is -2.19. The molecule has 0 bridgehead atoms. The molecule has 31 heavy (non-hydrogen) atoms. The monoisotopic (exact) mass is 431 g/mol. The molecule has 2 aromatic carbocycles. The van der Waals surface area contributed by atoms with E-state index in [-0.39, 0.29) is 24.8 Å². The molecule has 0 aliphatic carbocycles. The number of anilines is 1. The molecule has 0 radical (unpaired) electrons. The summed E-state index contributed by atoms with van der Waals surface area (Å²) >= 11 is 0. The summed E-state index contributed by atoms with van der Waals surface area (Å²) in [4.78, 5) is 26.4. The molecule has 0 saturated heterocycles. The van der Waals surface area contributed by atoms with Gasteiger partial charge in [-0.3, -0.25) is 9.59 Å². The third-order valence-electron chi connectivity index (χ3n) is 4.71. The van der Waals surface area contributed by atoms with Gasteiger partial charge in [-0.25, -0.2) is 4.39 Å². The van der Waals surface area contributed by atoms with E-state index >= 15 is 0 Å². The first-order valence-electron chi connectivity index (χ1n) is 10.3. The fourth-order valence-corrected chi connectivity index (χ4v) is 2.97. The van der Waals surface area contributed by atoms with Gasteiger partial charge in [0.25, 0.3) is 0 Å². The Morgan fingerprint density at radius 2 is 1.81 bits per heavy atom. The van der Waals surface area contributed by atoms with Gasteiger partial charge in [-0.1, -0.05) is 26.0 Å². The van der Waals surface area contributed by atoms with E-state index in [0.717, 1.165) is 19.6 Å². The van der Waals surface area contributed by atoms with Gasteiger partial charge in [0.15, 0.2) is 11.5 Å². The Morgan fingerprint density at radius 3 is 2.48 bits per heavy atom. The van der Waals surface area contributed by atoms with Gasteiger partial charge in [0, 0.05) is 18.3 Å². The Kier molecular flexibility index (Phi) is 9.77. The van der Waals surface area contributed by atoms with Crippen molar-refractivity contribution >= 4 is 17.5 Å². The predicted molar refractivity (Wildman–Crippen MR) is 118 cm³/mol. The Bertz CT molecular complexity index is 872. The molecule has 0 fully saturated rings. The van der Waals surface area contributed by atoms with E-state index in [1.54, 1.807) is 31.4 Å². The second-order valence-corrected chi connectivity index (χ2v) is 6.87. The zero-order valence-corrected chi connectivity index (χ0v) is 18.2. The van der Waals surface area contributed by atoms with Gasteiger partial charge < -0.3 is 25.0 Å². The molecule has 0 spiro atoms. The third-order valence-corrected chi connectivity index (χ3v) is 4.71. The average molecular weight is 432 g/mol. The van der Waals surface area contributed by atoms with Crippen molar-refractivity contribution in [1.29, 1.82) is 0 Å². The second-order valence-electron chi connectivity index (χ2n) is 6.87. The maximum absolute atomic E-state index is 13.2. The predicted octanol–water partition coefficient (Wildman–Crippen LogP) is 2.85. The number of halogens is 1. The summed E-state index contributed by atoms with van der Waals surface area (Å²) in [5.74, 6) is -0.0519. The number of benzene rings is 2.